The van der Waals surface area contributed by atoms with Crippen molar-refractivity contribution in [1.82, 2.24) is 5.32 Å². The van der Waals surface area contributed by atoms with Crippen molar-refractivity contribution in [2.75, 3.05) is 6.54 Å². The van der Waals surface area contributed by atoms with E-state index in [0.717, 1.165) is 6.54 Å². The highest BCUT2D eigenvalue weighted by Crippen LogP contribution is 2.33. The molecule has 0 aliphatic carbocycles. The van der Waals surface area contributed by atoms with E-state index in [4.69, 9.17) is 4.74 Å². The molecule has 2 aromatic carbocycles. The van der Waals surface area contributed by atoms with Crippen LogP contribution in [0.15, 0.2) is 36.4 Å². The number of para-hydroxylation sites is 1. The molecule has 2 rings (SSSR count). The second-order valence-corrected chi connectivity index (χ2v) is 4.93. The largest absolute Gasteiger partial charge is 0.451 e. The highest BCUT2D eigenvalue weighted by molar-refractivity contribution is 5.42. The van der Waals surface area contributed by atoms with Crippen molar-refractivity contribution >= 4 is 0 Å². The summed E-state index contributed by atoms with van der Waals surface area (Å²) in [5, 5.41) is 3.20. The third kappa shape index (κ3) is 3.39. The summed E-state index contributed by atoms with van der Waals surface area (Å²) < 4.78 is 33.7. The first-order valence-corrected chi connectivity index (χ1v) is 6.99. The van der Waals surface area contributed by atoms with Gasteiger partial charge < -0.3 is 10.1 Å². The summed E-state index contributed by atoms with van der Waals surface area (Å²) in [5.74, 6) is -0.874. The van der Waals surface area contributed by atoms with Crippen LogP contribution in [0.3, 0.4) is 0 Å². The Kier molecular flexibility index (Phi) is 4.91. The van der Waals surface area contributed by atoms with E-state index in [0.29, 0.717) is 11.1 Å². The Morgan fingerprint density at radius 2 is 1.86 bits per heavy atom. The fraction of sp³-hybridized carbons (Fsp3) is 0.294. The molecule has 1 atom stereocenters. The Morgan fingerprint density at radius 1 is 1.14 bits per heavy atom. The minimum atomic E-state index is -0.502. The molecule has 2 nitrogen and oxygen atoms in total. The second kappa shape index (κ2) is 6.68. The number of halogens is 2. The van der Waals surface area contributed by atoms with Crippen LogP contribution in [0.2, 0.25) is 0 Å². The monoisotopic (exact) mass is 291 g/mol. The Labute approximate surface area is 123 Å². The summed E-state index contributed by atoms with van der Waals surface area (Å²) >= 11 is 0. The lowest BCUT2D eigenvalue weighted by Crippen LogP contribution is -2.18. The zero-order chi connectivity index (χ0) is 15.4. The van der Waals surface area contributed by atoms with E-state index in [9.17, 15) is 8.78 Å². The van der Waals surface area contributed by atoms with Crippen molar-refractivity contribution < 1.29 is 13.5 Å². The van der Waals surface area contributed by atoms with Crippen LogP contribution < -0.4 is 10.1 Å². The Bertz CT molecular complexity index is 628. The third-order valence-corrected chi connectivity index (χ3v) is 3.34. The van der Waals surface area contributed by atoms with Gasteiger partial charge in [0.2, 0.25) is 0 Å². The van der Waals surface area contributed by atoms with Crippen LogP contribution in [0, 0.1) is 18.6 Å². The van der Waals surface area contributed by atoms with E-state index in [1.807, 2.05) is 13.8 Å². The summed E-state index contributed by atoms with van der Waals surface area (Å²) in [4.78, 5) is 0. The van der Waals surface area contributed by atoms with Gasteiger partial charge in [0.15, 0.2) is 23.1 Å². The summed E-state index contributed by atoms with van der Waals surface area (Å²) in [5.41, 5.74) is 1.13. The van der Waals surface area contributed by atoms with Gasteiger partial charge in [0.1, 0.15) is 0 Å². The van der Waals surface area contributed by atoms with Crippen molar-refractivity contribution in [2.24, 2.45) is 0 Å². The van der Waals surface area contributed by atoms with Gasteiger partial charge >= 0.3 is 0 Å². The van der Waals surface area contributed by atoms with Crippen LogP contribution in [-0.2, 0) is 0 Å². The van der Waals surface area contributed by atoms with Crippen LogP contribution in [0.5, 0.6) is 11.5 Å². The van der Waals surface area contributed by atoms with Gasteiger partial charge in [0, 0.05) is 11.6 Å². The zero-order valence-corrected chi connectivity index (χ0v) is 12.4. The second-order valence-electron chi connectivity index (χ2n) is 4.93. The molecule has 0 bridgehead atoms. The summed E-state index contributed by atoms with van der Waals surface area (Å²) in [6, 6.07) is 9.45. The molecule has 0 saturated carbocycles. The Hall–Kier alpha value is -1.94. The molecule has 0 aliphatic rings. The number of rotatable bonds is 5. The Balaban J connectivity index is 2.41. The highest BCUT2D eigenvalue weighted by Gasteiger charge is 2.17. The van der Waals surface area contributed by atoms with Crippen LogP contribution in [0.1, 0.15) is 31.0 Å². The van der Waals surface area contributed by atoms with Crippen LogP contribution in [0.25, 0.3) is 0 Å². The van der Waals surface area contributed by atoms with Gasteiger partial charge in [-0.05, 0) is 38.1 Å². The van der Waals surface area contributed by atoms with Gasteiger partial charge in [-0.25, -0.2) is 8.78 Å². The smallest absolute Gasteiger partial charge is 0.168 e. The topological polar surface area (TPSA) is 21.3 Å². The molecule has 0 amide bonds. The van der Waals surface area contributed by atoms with Crippen molar-refractivity contribution in [2.45, 2.75) is 26.8 Å². The van der Waals surface area contributed by atoms with Crippen molar-refractivity contribution in [3.63, 3.8) is 0 Å². The molecule has 0 spiro atoms. The fourth-order valence-corrected chi connectivity index (χ4v) is 2.20. The first-order valence-electron chi connectivity index (χ1n) is 6.99. The maximum atomic E-state index is 14.1. The number of nitrogens with one attached hydrogen (secondary N) is 1. The minimum absolute atomic E-state index is 0.0325. The van der Waals surface area contributed by atoms with E-state index in [1.54, 1.807) is 31.2 Å². The molecule has 1 unspecified atom stereocenters. The molecule has 0 fully saturated rings. The standard InChI is InChI=1S/C17H19F2NO/c1-4-20-12(3)13-8-6-9-14(18)17(13)21-15-10-5-7-11(2)16(15)19/h5-10,12,20H,4H2,1-3H3. The van der Waals surface area contributed by atoms with Gasteiger partial charge in [-0.2, -0.15) is 0 Å². The SMILES string of the molecule is CCNC(C)c1cccc(F)c1Oc1cccc(C)c1F. The molecular weight excluding hydrogens is 272 g/mol. The van der Waals surface area contributed by atoms with Crippen molar-refractivity contribution in [3.05, 3.63) is 59.2 Å². The predicted octanol–water partition coefficient (Wildman–Crippen LogP) is 4.74. The zero-order valence-electron chi connectivity index (χ0n) is 12.4. The van der Waals surface area contributed by atoms with Crippen LogP contribution in [-0.4, -0.2) is 6.54 Å². The van der Waals surface area contributed by atoms with Gasteiger partial charge in [0.25, 0.3) is 0 Å². The lowest BCUT2D eigenvalue weighted by molar-refractivity contribution is 0.401. The van der Waals surface area contributed by atoms with Crippen LogP contribution >= 0.6 is 0 Å². The lowest BCUT2D eigenvalue weighted by Gasteiger charge is -2.18. The average Bonchev–Trinajstić information content (AvgIpc) is 2.46. The molecule has 4 heteroatoms. The normalized spacial score (nSPS) is 12.2. The molecule has 0 saturated heterocycles. The molecule has 21 heavy (non-hydrogen) atoms. The van der Waals surface area contributed by atoms with Crippen LogP contribution in [0.4, 0.5) is 8.78 Å². The van der Waals surface area contributed by atoms with Gasteiger partial charge in [0.05, 0.1) is 0 Å². The first-order chi connectivity index (χ1) is 10.0. The molecule has 112 valence electrons. The average molecular weight is 291 g/mol. The predicted molar refractivity (Wildman–Crippen MR) is 79.7 cm³/mol. The van der Waals surface area contributed by atoms with Crippen molar-refractivity contribution in [1.29, 1.82) is 0 Å². The molecule has 1 N–H and O–H groups in total. The number of aryl methyl sites for hydroxylation is 1. The molecule has 0 heterocycles. The minimum Gasteiger partial charge on any atom is -0.451 e. The number of hydrogen-bond acceptors (Lipinski definition) is 2. The first kappa shape index (κ1) is 15.4. The third-order valence-electron chi connectivity index (χ3n) is 3.34. The lowest BCUT2D eigenvalue weighted by atomic mass is 10.1. The highest BCUT2D eigenvalue weighted by atomic mass is 19.1. The molecule has 2 aromatic rings. The van der Waals surface area contributed by atoms with E-state index in [2.05, 4.69) is 5.32 Å². The van der Waals surface area contributed by atoms with E-state index in [-0.39, 0.29) is 17.5 Å². The fourth-order valence-electron chi connectivity index (χ4n) is 2.20. The summed E-state index contributed by atoms with van der Waals surface area (Å²) in [6.07, 6.45) is 0. The van der Waals surface area contributed by atoms with Gasteiger partial charge in [-0.1, -0.05) is 31.2 Å². The maximum absolute atomic E-state index is 14.1. The van der Waals surface area contributed by atoms with Gasteiger partial charge in [-0.3, -0.25) is 0 Å². The maximum Gasteiger partial charge on any atom is 0.168 e. The summed E-state index contributed by atoms with van der Waals surface area (Å²) in [6.45, 7) is 6.27. The number of benzene rings is 2. The molecular formula is C17H19F2NO. The molecule has 0 aliphatic heterocycles. The summed E-state index contributed by atoms with van der Waals surface area (Å²) in [7, 11) is 0. The molecule has 0 aromatic heterocycles. The van der Waals surface area contributed by atoms with Gasteiger partial charge in [-0.15, -0.1) is 0 Å². The number of hydrogen-bond donors (Lipinski definition) is 1. The van der Waals surface area contributed by atoms with E-state index >= 15 is 0 Å². The van der Waals surface area contributed by atoms with Crippen molar-refractivity contribution in [3.8, 4) is 11.5 Å². The quantitative estimate of drug-likeness (QED) is 0.859. The Morgan fingerprint density at radius 3 is 2.57 bits per heavy atom. The van der Waals surface area contributed by atoms with E-state index in [1.165, 1.54) is 12.1 Å². The number of ether oxygens (including phenoxy) is 1. The van der Waals surface area contributed by atoms with E-state index < -0.39 is 11.6 Å². The molecule has 0 radical (unpaired) electrons.